The molecule has 1 saturated heterocycles. The predicted molar refractivity (Wildman–Crippen MR) is 170 cm³/mol. The fourth-order valence-electron chi connectivity index (χ4n) is 5.33. The maximum Gasteiger partial charge on any atom is 0.227 e. The van der Waals surface area contributed by atoms with Crippen LogP contribution in [0, 0.1) is 17.5 Å². The first kappa shape index (κ1) is 31.3. The van der Waals surface area contributed by atoms with E-state index in [1.807, 2.05) is 0 Å². The standard InChI is InChI=1S/C34H30F3N5O3S/c35-24-7-4-8-25(36)31(24)28(44)18-21-5-3-6-22(17-21)32-33(46-30(20-43)41-32)27-11-12-38-34(40-27)39-23-9-10-29(26(37)19-23)45-16-15-42-13-1-2-14-42/h3-12,17,19,43H,1-2,13-16,18,20H2,(H,38,39,40). The summed E-state index contributed by atoms with van der Waals surface area (Å²) in [4.78, 5) is 29.2. The highest BCUT2D eigenvalue weighted by atomic mass is 32.1. The number of halogens is 3. The quantitative estimate of drug-likeness (QED) is 0.143. The van der Waals surface area contributed by atoms with Gasteiger partial charge in [-0.3, -0.25) is 9.69 Å². The number of carbonyl (C=O) groups is 1. The van der Waals surface area contributed by atoms with Gasteiger partial charge in [0.1, 0.15) is 23.2 Å². The van der Waals surface area contributed by atoms with Crippen molar-refractivity contribution in [3.05, 3.63) is 107 Å². The molecular formula is C34H30F3N5O3S. The Morgan fingerprint density at radius 3 is 2.50 bits per heavy atom. The smallest absolute Gasteiger partial charge is 0.227 e. The van der Waals surface area contributed by atoms with Gasteiger partial charge in [-0.25, -0.2) is 28.1 Å². The number of anilines is 2. The van der Waals surface area contributed by atoms with Crippen molar-refractivity contribution in [1.82, 2.24) is 19.9 Å². The van der Waals surface area contributed by atoms with Crippen LogP contribution in [0.1, 0.15) is 33.8 Å². The minimum Gasteiger partial charge on any atom is -0.489 e. The van der Waals surface area contributed by atoms with E-state index in [1.54, 1.807) is 48.7 Å². The van der Waals surface area contributed by atoms with Crippen molar-refractivity contribution in [3.63, 3.8) is 0 Å². The summed E-state index contributed by atoms with van der Waals surface area (Å²) in [6, 6.07) is 16.5. The lowest BCUT2D eigenvalue weighted by atomic mass is 9.99. The predicted octanol–water partition coefficient (Wildman–Crippen LogP) is 6.82. The number of thiazole rings is 1. The van der Waals surface area contributed by atoms with Crippen molar-refractivity contribution in [2.24, 2.45) is 0 Å². The van der Waals surface area contributed by atoms with Crippen LogP contribution in [0.2, 0.25) is 0 Å². The van der Waals surface area contributed by atoms with Crippen LogP contribution in [0.25, 0.3) is 21.8 Å². The first-order valence-electron chi connectivity index (χ1n) is 14.8. The molecule has 1 aliphatic rings. The van der Waals surface area contributed by atoms with Gasteiger partial charge in [0.15, 0.2) is 17.3 Å². The third-order valence-corrected chi connectivity index (χ3v) is 8.62. The van der Waals surface area contributed by atoms with Crippen LogP contribution < -0.4 is 10.1 Å². The van der Waals surface area contributed by atoms with Gasteiger partial charge >= 0.3 is 0 Å². The number of ketones is 1. The zero-order chi connectivity index (χ0) is 32.0. The number of hydrogen-bond acceptors (Lipinski definition) is 9. The number of aromatic nitrogens is 3. The zero-order valence-electron chi connectivity index (χ0n) is 24.7. The Labute approximate surface area is 267 Å². The van der Waals surface area contributed by atoms with E-state index in [9.17, 15) is 23.1 Å². The van der Waals surface area contributed by atoms with Crippen molar-refractivity contribution < 1.29 is 27.8 Å². The van der Waals surface area contributed by atoms with E-state index >= 15 is 0 Å². The van der Waals surface area contributed by atoms with Crippen LogP contribution in [0.15, 0.2) is 72.9 Å². The van der Waals surface area contributed by atoms with E-state index in [2.05, 4.69) is 25.2 Å². The molecule has 0 aliphatic carbocycles. The molecule has 3 aromatic carbocycles. The minimum absolute atomic E-state index is 0.174. The average Bonchev–Trinajstić information content (AvgIpc) is 3.73. The number of hydrogen-bond donors (Lipinski definition) is 2. The Bertz CT molecular complexity index is 1840. The number of aliphatic hydroxyl groups excluding tert-OH is 1. The lowest BCUT2D eigenvalue weighted by molar-refractivity contribution is 0.0985. The lowest BCUT2D eigenvalue weighted by Crippen LogP contribution is -2.25. The minimum atomic E-state index is -0.913. The Hall–Kier alpha value is -4.65. The van der Waals surface area contributed by atoms with Gasteiger partial charge < -0.3 is 15.2 Å². The van der Waals surface area contributed by atoms with Gasteiger partial charge in [0.2, 0.25) is 5.95 Å². The molecule has 2 aromatic heterocycles. The third-order valence-electron chi connectivity index (χ3n) is 7.55. The van der Waals surface area contributed by atoms with Gasteiger partial charge in [-0.05, 0) is 67.9 Å². The normalized spacial score (nSPS) is 13.2. The van der Waals surface area contributed by atoms with Gasteiger partial charge in [0, 0.05) is 36.5 Å². The van der Waals surface area contributed by atoms with Crippen LogP contribution in [-0.4, -0.2) is 57.0 Å². The van der Waals surface area contributed by atoms with E-state index in [0.29, 0.717) is 44.7 Å². The van der Waals surface area contributed by atoms with Gasteiger partial charge in [0.25, 0.3) is 0 Å². The summed E-state index contributed by atoms with van der Waals surface area (Å²) in [5.41, 5.74) is 2.02. The van der Waals surface area contributed by atoms with Gasteiger partial charge in [-0.1, -0.05) is 24.3 Å². The lowest BCUT2D eigenvalue weighted by Gasteiger charge is -2.15. The molecule has 1 fully saturated rings. The summed E-state index contributed by atoms with van der Waals surface area (Å²) in [5, 5.41) is 13.3. The maximum absolute atomic E-state index is 14.8. The molecule has 1 aliphatic heterocycles. The monoisotopic (exact) mass is 645 g/mol. The highest BCUT2D eigenvalue weighted by Crippen LogP contribution is 2.37. The summed E-state index contributed by atoms with van der Waals surface area (Å²) >= 11 is 1.24. The van der Waals surface area contributed by atoms with Crippen molar-refractivity contribution in [2.75, 3.05) is 31.6 Å². The number of rotatable bonds is 12. The molecule has 236 valence electrons. The molecule has 46 heavy (non-hydrogen) atoms. The zero-order valence-corrected chi connectivity index (χ0v) is 25.5. The average molecular weight is 646 g/mol. The van der Waals surface area contributed by atoms with Crippen LogP contribution >= 0.6 is 11.3 Å². The first-order chi connectivity index (χ1) is 22.4. The number of aliphatic hydroxyl groups is 1. The molecule has 0 bridgehead atoms. The number of benzene rings is 3. The molecule has 2 N–H and O–H groups in total. The van der Waals surface area contributed by atoms with Crippen molar-refractivity contribution >= 4 is 28.8 Å². The Balaban J connectivity index is 1.20. The summed E-state index contributed by atoms with van der Waals surface area (Å²) in [6.07, 6.45) is 3.69. The maximum atomic E-state index is 14.8. The number of carbonyl (C=O) groups excluding carboxylic acids is 1. The molecule has 0 spiro atoms. The molecule has 8 nitrogen and oxygen atoms in total. The highest BCUT2D eigenvalue weighted by Gasteiger charge is 2.20. The second kappa shape index (κ2) is 14.2. The van der Waals surface area contributed by atoms with Gasteiger partial charge in [0.05, 0.1) is 28.4 Å². The summed E-state index contributed by atoms with van der Waals surface area (Å²) in [7, 11) is 0. The van der Waals surface area contributed by atoms with Crippen molar-refractivity contribution in [1.29, 1.82) is 0 Å². The van der Waals surface area contributed by atoms with E-state index in [4.69, 9.17) is 4.74 Å². The number of nitrogens with one attached hydrogen (secondary N) is 1. The molecule has 5 aromatic rings. The Kier molecular flexibility index (Phi) is 9.67. The summed E-state index contributed by atoms with van der Waals surface area (Å²) in [6.45, 7) is 2.96. The van der Waals surface area contributed by atoms with Gasteiger partial charge in [-0.2, -0.15) is 0 Å². The Morgan fingerprint density at radius 2 is 1.74 bits per heavy atom. The molecule has 0 saturated carbocycles. The van der Waals surface area contributed by atoms with E-state index < -0.39 is 28.8 Å². The first-order valence-corrected chi connectivity index (χ1v) is 15.6. The second-order valence-electron chi connectivity index (χ2n) is 10.8. The molecular weight excluding hydrogens is 615 g/mol. The van der Waals surface area contributed by atoms with Crippen LogP contribution in [-0.2, 0) is 13.0 Å². The molecule has 0 amide bonds. The summed E-state index contributed by atoms with van der Waals surface area (Å²) in [5.74, 6) is -2.63. The summed E-state index contributed by atoms with van der Waals surface area (Å²) < 4.78 is 48.9. The van der Waals surface area contributed by atoms with E-state index in [0.717, 1.165) is 31.8 Å². The third kappa shape index (κ3) is 7.25. The van der Waals surface area contributed by atoms with Crippen molar-refractivity contribution in [3.8, 4) is 27.6 Å². The number of likely N-dealkylation sites (tertiary alicyclic amines) is 1. The number of Topliss-reactive ketones (excluding diaryl/α,β-unsaturated/α-hetero) is 1. The molecule has 0 unspecified atom stereocenters. The topological polar surface area (TPSA) is 100 Å². The molecule has 6 rings (SSSR count). The molecule has 0 atom stereocenters. The fourth-order valence-corrected chi connectivity index (χ4v) is 6.24. The SMILES string of the molecule is O=C(Cc1cccc(-c2nc(CO)sc2-c2ccnc(Nc3ccc(OCCN4CCCC4)c(F)c3)n2)c1)c1c(F)cccc1F. The fraction of sp³-hybridized carbons (Fsp3) is 0.235. The van der Waals surface area contributed by atoms with Crippen molar-refractivity contribution in [2.45, 2.75) is 25.9 Å². The second-order valence-corrected chi connectivity index (χ2v) is 11.9. The van der Waals surface area contributed by atoms with E-state index in [-0.39, 0.29) is 24.7 Å². The van der Waals surface area contributed by atoms with Crippen LogP contribution in [0.3, 0.4) is 0 Å². The van der Waals surface area contributed by atoms with Crippen LogP contribution in [0.5, 0.6) is 5.75 Å². The molecule has 12 heteroatoms. The molecule has 3 heterocycles. The van der Waals surface area contributed by atoms with Gasteiger partial charge in [-0.15, -0.1) is 11.3 Å². The molecule has 0 radical (unpaired) electrons. The Morgan fingerprint density at radius 1 is 0.957 bits per heavy atom. The largest absolute Gasteiger partial charge is 0.489 e. The van der Waals surface area contributed by atoms with E-state index in [1.165, 1.54) is 36.3 Å². The number of nitrogens with zero attached hydrogens (tertiary/aromatic N) is 4. The highest BCUT2D eigenvalue weighted by molar-refractivity contribution is 7.15. The number of ether oxygens (including phenoxy) is 1. The van der Waals surface area contributed by atoms with Crippen LogP contribution in [0.4, 0.5) is 24.8 Å².